The van der Waals surface area contributed by atoms with Crippen LogP contribution in [0.15, 0.2) is 0 Å². The Labute approximate surface area is 50.3 Å². The van der Waals surface area contributed by atoms with E-state index in [1.807, 2.05) is 0 Å². The lowest BCUT2D eigenvalue weighted by atomic mass is 10.5. The molecule has 0 amide bonds. The fourth-order valence-corrected chi connectivity index (χ4v) is 0.188. The molecule has 0 rings (SSSR count). The Hall–Kier alpha value is -1.32. The molecule has 0 fully saturated rings. The molecule has 0 unspecified atom stereocenters. The van der Waals surface area contributed by atoms with E-state index in [-0.39, 0.29) is 0 Å². The van der Waals surface area contributed by atoms with E-state index >= 15 is 0 Å². The summed E-state index contributed by atoms with van der Waals surface area (Å²) in [6, 6.07) is 0. The molecule has 38 valence electrons. The van der Waals surface area contributed by atoms with Crippen LogP contribution in [0.2, 0.25) is 0 Å². The summed E-state index contributed by atoms with van der Waals surface area (Å²) < 4.78 is 0. The largest absolute Gasteiger partial charge is 0.0925 e. The average molecular weight is 102 g/mol. The van der Waals surface area contributed by atoms with Crippen molar-refractivity contribution in [2.75, 3.05) is 0 Å². The lowest BCUT2D eigenvalue weighted by molar-refractivity contribution is 1.92. The minimum absolute atomic E-state index is 1.74. The maximum Gasteiger partial charge on any atom is -0.00108 e. The zero-order valence-corrected chi connectivity index (χ0v) is 5.00. The summed E-state index contributed by atoms with van der Waals surface area (Å²) in [7, 11) is 0. The zero-order chi connectivity index (χ0) is 6.24. The van der Waals surface area contributed by atoms with Gasteiger partial charge in [-0.25, -0.2) is 0 Å². The van der Waals surface area contributed by atoms with E-state index in [4.69, 9.17) is 0 Å². The molecular formula is C8H6. The Morgan fingerprint density at radius 1 is 0.625 bits per heavy atom. The second-order valence-electron chi connectivity index (χ2n) is 1.00. The van der Waals surface area contributed by atoms with Crippen molar-refractivity contribution >= 4 is 0 Å². The highest BCUT2D eigenvalue weighted by atomic mass is 13.5. The minimum Gasteiger partial charge on any atom is -0.0925 e. The van der Waals surface area contributed by atoms with Gasteiger partial charge < -0.3 is 0 Å². The third-order valence-electron chi connectivity index (χ3n) is 0.438. The van der Waals surface area contributed by atoms with Gasteiger partial charge in [0, 0.05) is 0 Å². The van der Waals surface area contributed by atoms with Crippen molar-refractivity contribution in [2.45, 2.75) is 13.8 Å². The van der Waals surface area contributed by atoms with E-state index in [1.54, 1.807) is 13.8 Å². The molecule has 0 heteroatoms. The van der Waals surface area contributed by atoms with Crippen LogP contribution in [0.25, 0.3) is 0 Å². The summed E-state index contributed by atoms with van der Waals surface area (Å²) in [6.45, 7) is 3.49. The molecule has 0 N–H and O–H groups in total. The summed E-state index contributed by atoms with van der Waals surface area (Å²) in [4.78, 5) is 0. The van der Waals surface area contributed by atoms with Crippen molar-refractivity contribution in [3.05, 3.63) is 0 Å². The highest BCUT2D eigenvalue weighted by Crippen LogP contribution is 1.51. The summed E-state index contributed by atoms with van der Waals surface area (Å²) >= 11 is 0. The van der Waals surface area contributed by atoms with Crippen LogP contribution in [0.1, 0.15) is 13.8 Å². The van der Waals surface area contributed by atoms with Gasteiger partial charge in [-0.2, -0.15) is 0 Å². The topological polar surface area (TPSA) is 0 Å². The van der Waals surface area contributed by atoms with Crippen LogP contribution in [-0.4, -0.2) is 0 Å². The van der Waals surface area contributed by atoms with Crippen molar-refractivity contribution < 1.29 is 0 Å². The standard InChI is InChI=1S/C8H6/c1-3-5-7-8-6-4-2/h1-2H3. The van der Waals surface area contributed by atoms with Crippen molar-refractivity contribution in [3.63, 3.8) is 0 Å². The predicted molar refractivity (Wildman–Crippen MR) is 34.7 cm³/mol. The molecule has 0 spiro atoms. The van der Waals surface area contributed by atoms with Gasteiger partial charge in [0.05, 0.1) is 0 Å². The molecule has 0 aromatic rings. The van der Waals surface area contributed by atoms with E-state index in [1.165, 1.54) is 0 Å². The van der Waals surface area contributed by atoms with E-state index in [2.05, 4.69) is 35.5 Å². The molecule has 0 aromatic heterocycles. The fraction of sp³-hybridized carbons (Fsp3) is 0.250. The van der Waals surface area contributed by atoms with E-state index in [0.717, 1.165) is 0 Å². The van der Waals surface area contributed by atoms with Gasteiger partial charge in [0.25, 0.3) is 0 Å². The van der Waals surface area contributed by atoms with Crippen molar-refractivity contribution in [1.29, 1.82) is 0 Å². The van der Waals surface area contributed by atoms with Crippen LogP contribution >= 0.6 is 0 Å². The zero-order valence-electron chi connectivity index (χ0n) is 5.00. The van der Waals surface area contributed by atoms with Gasteiger partial charge >= 0.3 is 0 Å². The van der Waals surface area contributed by atoms with Crippen LogP contribution in [0.4, 0.5) is 0 Å². The molecule has 0 nitrogen and oxygen atoms in total. The van der Waals surface area contributed by atoms with Gasteiger partial charge in [-0.15, -0.1) is 0 Å². The molecule has 0 heterocycles. The first-order valence-electron chi connectivity index (χ1n) is 2.25. The SMILES string of the molecule is CC#CC#CC#CC. The summed E-state index contributed by atoms with van der Waals surface area (Å²) in [5.41, 5.74) is 0. The van der Waals surface area contributed by atoms with Crippen LogP contribution < -0.4 is 0 Å². The highest BCUT2D eigenvalue weighted by Gasteiger charge is 1.48. The first-order chi connectivity index (χ1) is 3.91. The molecule has 8 heavy (non-hydrogen) atoms. The quantitative estimate of drug-likeness (QED) is 0.401. The maximum absolute atomic E-state index is 2.64. The van der Waals surface area contributed by atoms with Crippen molar-refractivity contribution in [1.82, 2.24) is 0 Å². The summed E-state index contributed by atoms with van der Waals surface area (Å²) in [5.74, 6) is 15.5. The van der Waals surface area contributed by atoms with Crippen LogP contribution in [0.5, 0.6) is 0 Å². The van der Waals surface area contributed by atoms with Crippen LogP contribution in [0.3, 0.4) is 0 Å². The lowest BCUT2D eigenvalue weighted by Gasteiger charge is -1.52. The average Bonchev–Trinajstić information content (AvgIpc) is 1.81. The Balaban J connectivity index is 3.75. The van der Waals surface area contributed by atoms with Crippen molar-refractivity contribution in [2.24, 2.45) is 0 Å². The van der Waals surface area contributed by atoms with Crippen LogP contribution in [0, 0.1) is 35.5 Å². The smallest absolute Gasteiger partial charge is 0.00108 e. The second-order valence-corrected chi connectivity index (χ2v) is 1.00. The molecule has 0 saturated heterocycles. The highest BCUT2D eigenvalue weighted by molar-refractivity contribution is 5.34. The molecule has 0 aliphatic carbocycles. The van der Waals surface area contributed by atoms with E-state index < -0.39 is 0 Å². The number of hydrogen-bond acceptors (Lipinski definition) is 0. The normalized spacial score (nSPS) is 3.75. The van der Waals surface area contributed by atoms with Gasteiger partial charge in [-0.1, -0.05) is 11.8 Å². The molecule has 0 aliphatic rings. The Bertz CT molecular complexity index is 190. The second kappa shape index (κ2) is 5.68. The lowest BCUT2D eigenvalue weighted by Crippen LogP contribution is -1.48. The van der Waals surface area contributed by atoms with E-state index in [9.17, 15) is 0 Å². The van der Waals surface area contributed by atoms with E-state index in [0.29, 0.717) is 0 Å². The Morgan fingerprint density at radius 3 is 1.25 bits per heavy atom. The molecule has 0 aliphatic heterocycles. The molecule has 0 saturated carbocycles. The molecule has 0 aromatic carbocycles. The van der Waals surface area contributed by atoms with Gasteiger partial charge in [-0.05, 0) is 37.5 Å². The third-order valence-corrected chi connectivity index (χ3v) is 0.438. The minimum atomic E-state index is 1.74. The van der Waals surface area contributed by atoms with Gasteiger partial charge in [0.2, 0.25) is 0 Å². The monoisotopic (exact) mass is 102 g/mol. The van der Waals surface area contributed by atoms with Crippen LogP contribution in [-0.2, 0) is 0 Å². The fourth-order valence-electron chi connectivity index (χ4n) is 0.188. The number of hydrogen-bond donors (Lipinski definition) is 0. The molecule has 0 bridgehead atoms. The van der Waals surface area contributed by atoms with Gasteiger partial charge in [0.15, 0.2) is 0 Å². The number of rotatable bonds is 0. The molecule has 0 radical (unpaired) electrons. The summed E-state index contributed by atoms with van der Waals surface area (Å²) in [5, 5.41) is 0. The first kappa shape index (κ1) is 6.68. The maximum atomic E-state index is 2.64. The van der Waals surface area contributed by atoms with Crippen molar-refractivity contribution in [3.8, 4) is 35.5 Å². The Morgan fingerprint density at radius 2 is 1.00 bits per heavy atom. The predicted octanol–water partition coefficient (Wildman–Crippen LogP) is 1.04. The molecule has 0 atom stereocenters. The van der Waals surface area contributed by atoms with Gasteiger partial charge in [-0.3, -0.25) is 0 Å². The first-order valence-corrected chi connectivity index (χ1v) is 2.25. The summed E-state index contributed by atoms with van der Waals surface area (Å²) in [6.07, 6.45) is 0. The Kier molecular flexibility index (Phi) is 4.74. The molecular weight excluding hydrogens is 96.1 g/mol. The third kappa shape index (κ3) is 4.68. The van der Waals surface area contributed by atoms with Gasteiger partial charge in [0.1, 0.15) is 0 Å².